The fraction of sp³-hybridized carbons (Fsp3) is 0.556. The smallest absolute Gasteiger partial charge is 0.336 e. The molecule has 0 unspecified atom stereocenters. The number of carboxylic acids is 3. The lowest BCUT2D eigenvalue weighted by molar-refractivity contribution is -0.170. The molecule has 0 aromatic carbocycles. The molecule has 0 radical (unpaired) electrons. The molecule has 0 amide bonds. The summed E-state index contributed by atoms with van der Waals surface area (Å²) in [7, 11) is 0. The largest absolute Gasteiger partial charge is 0.481 e. The second-order valence-electron chi connectivity index (χ2n) is 10.3. The minimum Gasteiger partial charge on any atom is -0.481 e. The van der Waals surface area contributed by atoms with E-state index >= 15 is 0 Å². The molecule has 4 N–H and O–H groups in total. The molecule has 0 aliphatic carbocycles. The minimum absolute atomic E-state index is 0.00981. The van der Waals surface area contributed by atoms with E-state index < -0.39 is 36.4 Å². The van der Waals surface area contributed by atoms with Gasteiger partial charge in [0.05, 0.1) is 19.4 Å². The van der Waals surface area contributed by atoms with Crippen molar-refractivity contribution in [3.8, 4) is 0 Å². The van der Waals surface area contributed by atoms with Gasteiger partial charge in [-0.25, -0.2) is 4.79 Å². The average Bonchev–Trinajstić information content (AvgIpc) is 3.48. The van der Waals surface area contributed by atoms with Crippen molar-refractivity contribution in [3.05, 3.63) is 52.0 Å². The number of rotatable bonds is 12. The van der Waals surface area contributed by atoms with Crippen LogP contribution in [0.5, 0.6) is 0 Å². The van der Waals surface area contributed by atoms with Crippen molar-refractivity contribution in [2.45, 2.75) is 64.5 Å². The molecule has 11 heteroatoms. The molecular formula is C27H38N2O8S. The average molecular weight is 551 g/mol. The molecule has 0 bridgehead atoms. The number of thiophene rings is 1. The Labute approximate surface area is 226 Å². The highest BCUT2D eigenvalue weighted by Gasteiger charge is 2.44. The van der Waals surface area contributed by atoms with Crippen molar-refractivity contribution in [2.24, 2.45) is 5.41 Å². The SMILES string of the molecule is CCOC[C@]1(Cc2cccs2)CCN(C(C)(C)c2ccc(C)nc2)C1.O=C(O)CC(O)(CC(=O)O)C(=O)O. The van der Waals surface area contributed by atoms with Gasteiger partial charge in [0, 0.05) is 40.9 Å². The van der Waals surface area contributed by atoms with Gasteiger partial charge in [-0.2, -0.15) is 0 Å². The van der Waals surface area contributed by atoms with E-state index in [1.807, 2.05) is 24.5 Å². The van der Waals surface area contributed by atoms with Crippen LogP contribution in [0.15, 0.2) is 35.8 Å². The molecule has 10 nitrogen and oxygen atoms in total. The predicted octanol–water partition coefficient (Wildman–Crippen LogP) is 3.41. The normalized spacial score (nSPS) is 18.0. The number of hydrogen-bond donors (Lipinski definition) is 4. The van der Waals surface area contributed by atoms with Crippen molar-refractivity contribution in [3.63, 3.8) is 0 Å². The van der Waals surface area contributed by atoms with Crippen LogP contribution >= 0.6 is 11.3 Å². The maximum Gasteiger partial charge on any atom is 0.336 e. The third kappa shape index (κ3) is 8.59. The molecule has 1 saturated heterocycles. The molecular weight excluding hydrogens is 512 g/mol. The Morgan fingerprint density at radius 2 is 1.79 bits per heavy atom. The van der Waals surface area contributed by atoms with E-state index in [2.05, 4.69) is 60.3 Å². The molecule has 3 rings (SSSR count). The highest BCUT2D eigenvalue weighted by molar-refractivity contribution is 7.09. The molecule has 38 heavy (non-hydrogen) atoms. The zero-order valence-corrected chi connectivity index (χ0v) is 23.2. The van der Waals surface area contributed by atoms with Gasteiger partial charge in [0.25, 0.3) is 0 Å². The van der Waals surface area contributed by atoms with E-state index in [1.165, 1.54) is 16.9 Å². The van der Waals surface area contributed by atoms with Gasteiger partial charge >= 0.3 is 17.9 Å². The lowest BCUT2D eigenvalue weighted by atomic mass is 9.83. The van der Waals surface area contributed by atoms with Gasteiger partial charge in [0.2, 0.25) is 0 Å². The van der Waals surface area contributed by atoms with Gasteiger partial charge in [-0.3, -0.25) is 19.5 Å². The molecule has 2 aromatic heterocycles. The van der Waals surface area contributed by atoms with Gasteiger partial charge in [-0.1, -0.05) is 12.1 Å². The van der Waals surface area contributed by atoms with Crippen LogP contribution < -0.4 is 0 Å². The summed E-state index contributed by atoms with van der Waals surface area (Å²) in [6.07, 6.45) is 2.05. The van der Waals surface area contributed by atoms with Gasteiger partial charge < -0.3 is 25.2 Å². The van der Waals surface area contributed by atoms with Crippen LogP contribution in [0.1, 0.15) is 56.2 Å². The second kappa shape index (κ2) is 13.3. The fourth-order valence-electron chi connectivity index (χ4n) is 4.55. The van der Waals surface area contributed by atoms with Gasteiger partial charge in [-0.15, -0.1) is 11.3 Å². The molecule has 1 aliphatic heterocycles. The molecule has 1 aliphatic rings. The number of aliphatic carboxylic acids is 3. The molecule has 3 heterocycles. The lowest BCUT2D eigenvalue weighted by Crippen LogP contribution is -2.42. The Hall–Kier alpha value is -2.86. The van der Waals surface area contributed by atoms with Gasteiger partial charge in [0.1, 0.15) is 0 Å². The quantitative estimate of drug-likeness (QED) is 0.309. The molecule has 0 saturated carbocycles. The summed E-state index contributed by atoms with van der Waals surface area (Å²) in [5.74, 6) is -5.02. The number of hydrogen-bond acceptors (Lipinski definition) is 8. The Bertz CT molecular complexity index is 1060. The zero-order chi connectivity index (χ0) is 28.6. The van der Waals surface area contributed by atoms with E-state index in [1.54, 1.807) is 0 Å². The third-order valence-electron chi connectivity index (χ3n) is 6.87. The van der Waals surface area contributed by atoms with Crippen LogP contribution in [-0.4, -0.2) is 80.1 Å². The lowest BCUT2D eigenvalue weighted by Gasteiger charge is -2.38. The number of aromatic nitrogens is 1. The number of aliphatic hydroxyl groups is 1. The molecule has 1 atom stereocenters. The van der Waals surface area contributed by atoms with Crippen LogP contribution in [0.2, 0.25) is 0 Å². The van der Waals surface area contributed by atoms with Crippen molar-refractivity contribution < 1.29 is 39.5 Å². The number of ether oxygens (including phenoxy) is 1. The van der Waals surface area contributed by atoms with E-state index in [-0.39, 0.29) is 11.0 Å². The number of likely N-dealkylation sites (tertiary alicyclic amines) is 1. The number of pyridine rings is 1. The number of carbonyl (C=O) groups is 3. The van der Waals surface area contributed by atoms with Crippen LogP contribution in [0.25, 0.3) is 0 Å². The Balaban J connectivity index is 0.000000332. The van der Waals surface area contributed by atoms with E-state index in [0.29, 0.717) is 0 Å². The summed E-state index contributed by atoms with van der Waals surface area (Å²) in [4.78, 5) is 39.1. The summed E-state index contributed by atoms with van der Waals surface area (Å²) in [5, 5.41) is 36.0. The first-order valence-corrected chi connectivity index (χ1v) is 13.3. The first-order valence-electron chi connectivity index (χ1n) is 12.4. The second-order valence-corrected chi connectivity index (χ2v) is 11.3. The summed E-state index contributed by atoms with van der Waals surface area (Å²) in [6, 6.07) is 8.76. The molecule has 0 spiro atoms. The Kier molecular flexibility index (Phi) is 11.0. The Morgan fingerprint density at radius 3 is 2.26 bits per heavy atom. The molecule has 210 valence electrons. The monoisotopic (exact) mass is 550 g/mol. The van der Waals surface area contributed by atoms with Crippen LogP contribution in [0.4, 0.5) is 0 Å². The van der Waals surface area contributed by atoms with E-state index in [4.69, 9.17) is 25.2 Å². The maximum absolute atomic E-state index is 10.3. The van der Waals surface area contributed by atoms with E-state index in [9.17, 15) is 14.4 Å². The first kappa shape index (κ1) is 31.4. The first-order chi connectivity index (χ1) is 17.7. The molecule has 2 aromatic rings. The summed E-state index contributed by atoms with van der Waals surface area (Å²) >= 11 is 1.86. The van der Waals surface area contributed by atoms with Crippen molar-refractivity contribution in [2.75, 3.05) is 26.3 Å². The predicted molar refractivity (Wildman–Crippen MR) is 142 cm³/mol. The number of carboxylic acid groups (broad SMARTS) is 3. The highest BCUT2D eigenvalue weighted by Crippen LogP contribution is 2.41. The number of aryl methyl sites for hydroxylation is 1. The standard InChI is InChI=1S/C21H30N2OS.C6H8O7/c1-5-24-16-21(13-19-7-6-12-25-19)10-11-23(15-21)20(3,4)18-9-8-17(2)22-14-18;7-3(8)1-6(13,5(11)12)2-4(9)10/h6-9,12,14H,5,10-11,13,15-16H2,1-4H3;13H,1-2H2,(H,7,8)(H,9,10)(H,11,12)/t21-;/m0./s1. The molecule has 1 fully saturated rings. The van der Waals surface area contributed by atoms with E-state index in [0.717, 1.165) is 38.4 Å². The Morgan fingerprint density at radius 1 is 1.13 bits per heavy atom. The number of nitrogens with zero attached hydrogens (tertiary/aromatic N) is 2. The fourth-order valence-corrected chi connectivity index (χ4v) is 5.43. The van der Waals surface area contributed by atoms with Crippen LogP contribution in [0.3, 0.4) is 0 Å². The van der Waals surface area contributed by atoms with Crippen molar-refractivity contribution >= 4 is 29.2 Å². The topological polar surface area (TPSA) is 157 Å². The van der Waals surface area contributed by atoms with Crippen molar-refractivity contribution in [1.82, 2.24) is 9.88 Å². The minimum atomic E-state index is -2.74. The maximum atomic E-state index is 10.3. The summed E-state index contributed by atoms with van der Waals surface area (Å²) < 4.78 is 5.92. The summed E-state index contributed by atoms with van der Waals surface area (Å²) in [5.41, 5.74) is -0.163. The van der Waals surface area contributed by atoms with Crippen molar-refractivity contribution in [1.29, 1.82) is 0 Å². The van der Waals surface area contributed by atoms with Gasteiger partial charge in [-0.05, 0) is 70.2 Å². The van der Waals surface area contributed by atoms with Crippen LogP contribution in [0, 0.1) is 12.3 Å². The zero-order valence-electron chi connectivity index (χ0n) is 22.3. The van der Waals surface area contributed by atoms with Gasteiger partial charge in [0.15, 0.2) is 5.60 Å². The third-order valence-corrected chi connectivity index (χ3v) is 7.75. The highest BCUT2D eigenvalue weighted by atomic mass is 32.1. The van der Waals surface area contributed by atoms with Crippen LogP contribution in [-0.2, 0) is 31.1 Å². The summed E-state index contributed by atoms with van der Waals surface area (Å²) in [6.45, 7) is 12.6.